The largest absolute Gasteiger partial charge is 0.381 e. The Morgan fingerprint density at radius 2 is 2.27 bits per heavy atom. The Labute approximate surface area is 132 Å². The number of aryl methyl sites for hydroxylation is 1. The predicted octanol–water partition coefficient (Wildman–Crippen LogP) is 3.36. The monoisotopic (exact) mass is 315 g/mol. The maximum absolute atomic E-state index is 5.37. The molecule has 3 aromatic rings. The molecule has 114 valence electrons. The molecule has 1 aliphatic heterocycles. The highest BCUT2D eigenvalue weighted by atomic mass is 32.2. The third-order valence-corrected chi connectivity index (χ3v) is 5.02. The van der Waals surface area contributed by atoms with Crippen molar-refractivity contribution in [2.45, 2.75) is 23.0 Å². The molecular weight excluding hydrogens is 298 g/mol. The van der Waals surface area contributed by atoms with E-state index in [0.29, 0.717) is 24.2 Å². The Kier molecular flexibility index (Phi) is 3.63. The summed E-state index contributed by atoms with van der Waals surface area (Å²) in [5.74, 6) is 2.44. The second-order valence-corrected chi connectivity index (χ2v) is 6.53. The minimum atomic E-state index is 0.292. The normalized spacial score (nSPS) is 18.3. The van der Waals surface area contributed by atoms with E-state index in [1.807, 2.05) is 0 Å². The third kappa shape index (κ3) is 2.53. The van der Waals surface area contributed by atoms with Crippen LogP contribution in [-0.4, -0.2) is 27.9 Å². The van der Waals surface area contributed by atoms with Crippen LogP contribution in [0.3, 0.4) is 0 Å². The zero-order valence-electron chi connectivity index (χ0n) is 12.4. The molecule has 0 spiro atoms. The van der Waals surface area contributed by atoms with Crippen LogP contribution in [0.2, 0.25) is 0 Å². The molecule has 0 amide bonds. The van der Waals surface area contributed by atoms with E-state index in [-0.39, 0.29) is 0 Å². The standard InChI is InChI=1S/C16H17N3O2S/c1-19-8-14(12-4-2-3-5-13(12)19)22-10-15-17-16(18-21-15)11-6-7-20-9-11/h2-5,8,11H,6-7,9-10H2,1H3. The Balaban J connectivity index is 1.50. The van der Waals surface area contributed by atoms with Gasteiger partial charge in [-0.25, -0.2) is 0 Å². The summed E-state index contributed by atoms with van der Waals surface area (Å²) in [5, 5.41) is 5.36. The first kappa shape index (κ1) is 13.8. The van der Waals surface area contributed by atoms with E-state index >= 15 is 0 Å². The smallest absolute Gasteiger partial charge is 0.237 e. The molecule has 1 atom stereocenters. The van der Waals surface area contributed by atoms with E-state index < -0.39 is 0 Å². The quantitative estimate of drug-likeness (QED) is 0.691. The van der Waals surface area contributed by atoms with Gasteiger partial charge in [0.1, 0.15) is 0 Å². The van der Waals surface area contributed by atoms with Crippen molar-refractivity contribution in [2.75, 3.05) is 13.2 Å². The van der Waals surface area contributed by atoms with Gasteiger partial charge in [-0.1, -0.05) is 23.4 Å². The SMILES string of the molecule is Cn1cc(SCc2nc(C3CCOC3)no2)c2ccccc21. The highest BCUT2D eigenvalue weighted by molar-refractivity contribution is 7.98. The summed E-state index contributed by atoms with van der Waals surface area (Å²) in [6.07, 6.45) is 3.13. The third-order valence-electron chi connectivity index (χ3n) is 3.99. The average molecular weight is 315 g/mol. The van der Waals surface area contributed by atoms with Crippen LogP contribution in [0, 0.1) is 0 Å². The number of fused-ring (bicyclic) bond motifs is 1. The van der Waals surface area contributed by atoms with Crippen LogP contribution in [0.15, 0.2) is 39.9 Å². The molecule has 3 heterocycles. The molecule has 1 aromatic carbocycles. The second kappa shape index (κ2) is 5.78. The minimum absolute atomic E-state index is 0.292. The van der Waals surface area contributed by atoms with E-state index in [1.165, 1.54) is 15.8 Å². The van der Waals surface area contributed by atoms with Crippen molar-refractivity contribution in [1.82, 2.24) is 14.7 Å². The van der Waals surface area contributed by atoms with Gasteiger partial charge in [-0.05, 0) is 12.5 Å². The minimum Gasteiger partial charge on any atom is -0.381 e. The van der Waals surface area contributed by atoms with Crippen LogP contribution in [0.25, 0.3) is 10.9 Å². The predicted molar refractivity (Wildman–Crippen MR) is 85.0 cm³/mol. The number of nitrogens with zero attached hydrogens (tertiary/aromatic N) is 3. The van der Waals surface area contributed by atoms with Crippen LogP contribution >= 0.6 is 11.8 Å². The molecule has 4 rings (SSSR count). The molecular formula is C16H17N3O2S. The van der Waals surface area contributed by atoms with Crippen molar-refractivity contribution in [3.8, 4) is 0 Å². The lowest BCUT2D eigenvalue weighted by Crippen LogP contribution is -1.99. The molecule has 1 saturated heterocycles. The Morgan fingerprint density at radius 3 is 3.14 bits per heavy atom. The Hall–Kier alpha value is -1.79. The van der Waals surface area contributed by atoms with Gasteiger partial charge < -0.3 is 13.8 Å². The number of ether oxygens (including phenoxy) is 1. The van der Waals surface area contributed by atoms with Crippen molar-refractivity contribution in [1.29, 1.82) is 0 Å². The zero-order chi connectivity index (χ0) is 14.9. The summed E-state index contributed by atoms with van der Waals surface area (Å²) >= 11 is 1.73. The molecule has 1 fully saturated rings. The van der Waals surface area contributed by atoms with Gasteiger partial charge in [0.2, 0.25) is 5.89 Å². The van der Waals surface area contributed by atoms with Crippen LogP contribution in [0.1, 0.15) is 24.1 Å². The topological polar surface area (TPSA) is 53.1 Å². The van der Waals surface area contributed by atoms with Gasteiger partial charge >= 0.3 is 0 Å². The number of hydrogen-bond acceptors (Lipinski definition) is 5. The van der Waals surface area contributed by atoms with Crippen LogP contribution < -0.4 is 0 Å². The van der Waals surface area contributed by atoms with Gasteiger partial charge in [0.25, 0.3) is 0 Å². The molecule has 1 aliphatic rings. The van der Waals surface area contributed by atoms with Crippen LogP contribution in [0.4, 0.5) is 0 Å². The number of rotatable bonds is 4. The van der Waals surface area contributed by atoms with E-state index in [2.05, 4.69) is 52.2 Å². The van der Waals surface area contributed by atoms with Gasteiger partial charge in [-0.15, -0.1) is 11.8 Å². The zero-order valence-corrected chi connectivity index (χ0v) is 13.2. The number of aromatic nitrogens is 3. The lowest BCUT2D eigenvalue weighted by molar-refractivity contribution is 0.192. The van der Waals surface area contributed by atoms with Crippen molar-refractivity contribution in [3.05, 3.63) is 42.2 Å². The fourth-order valence-corrected chi connectivity index (χ4v) is 3.75. The van der Waals surface area contributed by atoms with E-state index in [9.17, 15) is 0 Å². The highest BCUT2D eigenvalue weighted by Crippen LogP contribution is 2.31. The van der Waals surface area contributed by atoms with Gasteiger partial charge in [0.05, 0.1) is 12.4 Å². The average Bonchev–Trinajstić information content (AvgIpc) is 3.26. The van der Waals surface area contributed by atoms with Crippen LogP contribution in [0.5, 0.6) is 0 Å². The summed E-state index contributed by atoms with van der Waals surface area (Å²) in [7, 11) is 2.07. The molecule has 2 aromatic heterocycles. The van der Waals surface area contributed by atoms with Crippen molar-refractivity contribution in [3.63, 3.8) is 0 Å². The lowest BCUT2D eigenvalue weighted by atomic mass is 10.1. The maximum Gasteiger partial charge on any atom is 0.237 e. The molecule has 0 bridgehead atoms. The summed E-state index contributed by atoms with van der Waals surface area (Å²) in [4.78, 5) is 5.75. The van der Waals surface area contributed by atoms with Crippen molar-refractivity contribution >= 4 is 22.7 Å². The molecule has 0 saturated carbocycles. The molecule has 0 radical (unpaired) electrons. The van der Waals surface area contributed by atoms with Gasteiger partial charge in [0.15, 0.2) is 5.82 Å². The van der Waals surface area contributed by atoms with E-state index in [0.717, 1.165) is 18.9 Å². The first-order valence-corrected chi connectivity index (χ1v) is 8.37. The molecule has 6 heteroatoms. The molecule has 0 aliphatic carbocycles. The van der Waals surface area contributed by atoms with Crippen LogP contribution in [-0.2, 0) is 17.5 Å². The Bertz CT molecular complexity index is 790. The number of para-hydroxylation sites is 1. The van der Waals surface area contributed by atoms with Crippen molar-refractivity contribution < 1.29 is 9.26 Å². The molecule has 0 N–H and O–H groups in total. The summed E-state index contributed by atoms with van der Waals surface area (Å²) in [5.41, 5.74) is 1.24. The van der Waals surface area contributed by atoms with Gasteiger partial charge in [0, 0.05) is 41.6 Å². The fourth-order valence-electron chi connectivity index (χ4n) is 2.79. The maximum atomic E-state index is 5.37. The van der Waals surface area contributed by atoms with Gasteiger partial charge in [-0.2, -0.15) is 4.98 Å². The summed E-state index contributed by atoms with van der Waals surface area (Å²) < 4.78 is 12.9. The summed E-state index contributed by atoms with van der Waals surface area (Å²) in [6, 6.07) is 8.40. The van der Waals surface area contributed by atoms with E-state index in [1.54, 1.807) is 11.8 Å². The second-order valence-electron chi connectivity index (χ2n) is 5.52. The Morgan fingerprint density at radius 1 is 1.36 bits per heavy atom. The number of benzene rings is 1. The summed E-state index contributed by atoms with van der Waals surface area (Å²) in [6.45, 7) is 1.49. The highest BCUT2D eigenvalue weighted by Gasteiger charge is 2.23. The first-order valence-electron chi connectivity index (χ1n) is 7.38. The van der Waals surface area contributed by atoms with Crippen molar-refractivity contribution in [2.24, 2.45) is 7.05 Å². The number of thioether (sulfide) groups is 1. The molecule has 1 unspecified atom stereocenters. The molecule has 22 heavy (non-hydrogen) atoms. The van der Waals surface area contributed by atoms with E-state index in [4.69, 9.17) is 9.26 Å². The molecule has 5 nitrogen and oxygen atoms in total. The number of hydrogen-bond donors (Lipinski definition) is 0. The lowest BCUT2D eigenvalue weighted by Gasteiger charge is -1.98. The fraction of sp³-hybridized carbons (Fsp3) is 0.375. The van der Waals surface area contributed by atoms with Gasteiger partial charge in [-0.3, -0.25) is 0 Å². The first-order chi connectivity index (χ1) is 10.8.